The van der Waals surface area contributed by atoms with E-state index in [9.17, 15) is 10.2 Å². The highest BCUT2D eigenvalue weighted by atomic mass is 16.6. The molecule has 4 fully saturated rings. The largest absolute Gasteiger partial charge is 0.393 e. The lowest BCUT2D eigenvalue weighted by molar-refractivity contribution is -0.213. The van der Waals surface area contributed by atoms with E-state index < -0.39 is 5.60 Å². The zero-order chi connectivity index (χ0) is 23.1. The molecule has 0 amide bonds. The van der Waals surface area contributed by atoms with Gasteiger partial charge in [-0.25, -0.2) is 0 Å². The molecule has 0 saturated heterocycles. The van der Waals surface area contributed by atoms with Crippen molar-refractivity contribution in [2.45, 2.75) is 103 Å². The van der Waals surface area contributed by atoms with Crippen LogP contribution in [0.5, 0.6) is 0 Å². The maximum absolute atomic E-state index is 12.3. The molecule has 7 heteroatoms. The Morgan fingerprint density at radius 1 is 1.12 bits per heavy atom. The van der Waals surface area contributed by atoms with Crippen molar-refractivity contribution in [3.8, 4) is 0 Å². The average Bonchev–Trinajstić information content (AvgIpc) is 3.02. The molecule has 3 unspecified atom stereocenters. The van der Waals surface area contributed by atoms with Gasteiger partial charge in [-0.2, -0.15) is 5.48 Å². The maximum Gasteiger partial charge on any atom is 0.185 e. The van der Waals surface area contributed by atoms with Gasteiger partial charge >= 0.3 is 0 Å². The van der Waals surface area contributed by atoms with E-state index in [1.165, 1.54) is 6.42 Å². The Balaban J connectivity index is 1.39. The summed E-state index contributed by atoms with van der Waals surface area (Å²) < 4.78 is 0. The van der Waals surface area contributed by atoms with E-state index >= 15 is 0 Å². The molecule has 184 valence electrons. The molecular formula is C25H46N4O3. The van der Waals surface area contributed by atoms with Gasteiger partial charge in [0.2, 0.25) is 0 Å². The van der Waals surface area contributed by atoms with Crippen LogP contribution in [0, 0.1) is 39.9 Å². The maximum atomic E-state index is 12.3. The van der Waals surface area contributed by atoms with Gasteiger partial charge < -0.3 is 26.1 Å². The molecule has 9 atom stereocenters. The molecular weight excluding hydrogens is 404 g/mol. The topological polar surface area (TPSA) is 124 Å². The number of hydrogen-bond donors (Lipinski definition) is 6. The van der Waals surface area contributed by atoms with E-state index in [0.29, 0.717) is 36.8 Å². The minimum atomic E-state index is -0.591. The first-order valence-corrected chi connectivity index (χ1v) is 13.0. The lowest BCUT2D eigenvalue weighted by Gasteiger charge is -2.63. The highest BCUT2D eigenvalue weighted by molar-refractivity contribution is 5.74. The first kappa shape index (κ1) is 24.2. The summed E-state index contributed by atoms with van der Waals surface area (Å²) in [5.74, 6) is 1.96. The summed E-state index contributed by atoms with van der Waals surface area (Å²) >= 11 is 0. The summed E-state index contributed by atoms with van der Waals surface area (Å²) in [6, 6.07) is 0.183. The fourth-order valence-corrected chi connectivity index (χ4v) is 8.69. The first-order chi connectivity index (χ1) is 15.1. The van der Waals surface area contributed by atoms with Gasteiger partial charge in [-0.3, -0.25) is 5.41 Å². The smallest absolute Gasteiger partial charge is 0.185 e. The predicted molar refractivity (Wildman–Crippen MR) is 126 cm³/mol. The number of nitrogens with one attached hydrogen (secondary N) is 3. The van der Waals surface area contributed by atoms with Crippen molar-refractivity contribution in [2.75, 3.05) is 13.2 Å². The quantitative estimate of drug-likeness (QED) is 0.153. The average molecular weight is 451 g/mol. The molecule has 0 heterocycles. The first-order valence-electron chi connectivity index (χ1n) is 13.0. The van der Waals surface area contributed by atoms with Crippen molar-refractivity contribution in [1.82, 2.24) is 10.8 Å². The molecule has 0 bridgehead atoms. The van der Waals surface area contributed by atoms with Gasteiger partial charge in [0.15, 0.2) is 5.96 Å². The highest BCUT2D eigenvalue weighted by Crippen LogP contribution is 2.69. The van der Waals surface area contributed by atoms with Gasteiger partial charge in [-0.15, -0.1) is 0 Å². The number of guanidine groups is 1. The van der Waals surface area contributed by atoms with Crippen LogP contribution in [0.3, 0.4) is 0 Å². The Labute approximate surface area is 193 Å². The second kappa shape index (κ2) is 9.05. The number of aliphatic hydroxyl groups excluding tert-OH is 1. The predicted octanol–water partition coefficient (Wildman–Crippen LogP) is 2.90. The zero-order valence-corrected chi connectivity index (χ0v) is 20.3. The zero-order valence-electron chi connectivity index (χ0n) is 20.3. The van der Waals surface area contributed by atoms with E-state index in [1.807, 2.05) is 0 Å². The van der Waals surface area contributed by atoms with Gasteiger partial charge in [0.05, 0.1) is 18.3 Å². The van der Waals surface area contributed by atoms with Crippen molar-refractivity contribution < 1.29 is 15.1 Å². The molecule has 32 heavy (non-hydrogen) atoms. The molecule has 4 aliphatic carbocycles. The van der Waals surface area contributed by atoms with Crippen LogP contribution in [0.1, 0.15) is 85.0 Å². The van der Waals surface area contributed by atoms with Gasteiger partial charge in [0.25, 0.3) is 0 Å². The van der Waals surface area contributed by atoms with Crippen molar-refractivity contribution in [1.29, 1.82) is 5.41 Å². The Hall–Kier alpha value is -0.890. The molecule has 7 nitrogen and oxygen atoms in total. The summed E-state index contributed by atoms with van der Waals surface area (Å²) in [6.45, 7) is 8.20. The molecule has 0 spiro atoms. The number of hydroxylamine groups is 1. The Morgan fingerprint density at radius 3 is 2.66 bits per heavy atom. The standard InChI is InChI=1S/C25H46N4O3/c1-16(29-32-14-4-13-28-22(26)27)19-9-12-25(31)21-6-5-17-15-18(30)7-10-23(17,2)20(21)8-11-24(19,25)3/h16-21,29-31H,4-15H2,1-3H3,(H4,26,27,28)/t16?,17?,18?,19-,20+,21-,23+,24-,25-/m1/s1. The molecule has 0 aromatic rings. The molecule has 4 saturated carbocycles. The van der Waals surface area contributed by atoms with Crippen LogP contribution in [0.15, 0.2) is 0 Å². The lowest BCUT2D eigenvalue weighted by Crippen LogP contribution is -2.63. The highest BCUT2D eigenvalue weighted by Gasteiger charge is 2.67. The van der Waals surface area contributed by atoms with Gasteiger partial charge in [-0.1, -0.05) is 13.8 Å². The van der Waals surface area contributed by atoms with E-state index in [-0.39, 0.29) is 28.9 Å². The Kier molecular flexibility index (Phi) is 6.85. The van der Waals surface area contributed by atoms with Gasteiger partial charge in [0, 0.05) is 18.0 Å². The van der Waals surface area contributed by atoms with E-state index in [1.54, 1.807) is 0 Å². The van der Waals surface area contributed by atoms with Crippen LogP contribution >= 0.6 is 0 Å². The summed E-state index contributed by atoms with van der Waals surface area (Å²) in [7, 11) is 0. The molecule has 0 aromatic heterocycles. The monoisotopic (exact) mass is 450 g/mol. The molecule has 7 N–H and O–H groups in total. The third-order valence-electron chi connectivity index (χ3n) is 10.5. The number of rotatable bonds is 7. The Morgan fingerprint density at radius 2 is 1.91 bits per heavy atom. The van der Waals surface area contributed by atoms with Gasteiger partial charge in [0.1, 0.15) is 0 Å². The van der Waals surface area contributed by atoms with Crippen LogP contribution < -0.4 is 16.5 Å². The van der Waals surface area contributed by atoms with Crippen LogP contribution in [-0.4, -0.2) is 47.1 Å². The van der Waals surface area contributed by atoms with Crippen molar-refractivity contribution in [3.63, 3.8) is 0 Å². The van der Waals surface area contributed by atoms with Crippen LogP contribution in [0.2, 0.25) is 0 Å². The third kappa shape index (κ3) is 3.97. The third-order valence-corrected chi connectivity index (χ3v) is 10.5. The summed E-state index contributed by atoms with van der Waals surface area (Å²) in [5.41, 5.74) is 8.17. The van der Waals surface area contributed by atoms with E-state index in [2.05, 4.69) is 31.6 Å². The molecule has 0 aliphatic heterocycles. The summed E-state index contributed by atoms with van der Waals surface area (Å²) in [6.07, 6.45) is 10.1. The minimum Gasteiger partial charge on any atom is -0.393 e. The summed E-state index contributed by atoms with van der Waals surface area (Å²) in [4.78, 5) is 5.74. The fourth-order valence-electron chi connectivity index (χ4n) is 8.69. The van der Waals surface area contributed by atoms with E-state index in [0.717, 1.165) is 57.8 Å². The second-order valence-corrected chi connectivity index (χ2v) is 11.9. The van der Waals surface area contributed by atoms with E-state index in [4.69, 9.17) is 16.0 Å². The fraction of sp³-hybridized carbons (Fsp3) is 0.960. The number of hydrogen-bond acceptors (Lipinski definition) is 5. The van der Waals surface area contributed by atoms with Crippen molar-refractivity contribution in [3.05, 3.63) is 0 Å². The number of aliphatic hydroxyl groups is 2. The molecule has 4 rings (SSSR count). The van der Waals surface area contributed by atoms with Crippen molar-refractivity contribution in [2.24, 2.45) is 40.2 Å². The number of nitrogens with two attached hydrogens (primary N) is 1. The molecule has 4 aliphatic rings. The molecule has 0 radical (unpaired) electrons. The second-order valence-electron chi connectivity index (χ2n) is 11.9. The SMILES string of the molecule is CC(NOCCCNC(=N)N)[C@H]1CC[C@@]2(O)[C@@H]3CCC4CC(O)CC[C@]4(C)[C@H]3CC[C@]12C. The van der Waals surface area contributed by atoms with Crippen LogP contribution in [0.4, 0.5) is 0 Å². The molecule has 0 aromatic carbocycles. The number of fused-ring (bicyclic) bond motifs is 5. The van der Waals surface area contributed by atoms with Gasteiger partial charge in [-0.05, 0) is 100 Å². The Bertz CT molecular complexity index is 692. The van der Waals surface area contributed by atoms with Crippen LogP contribution in [0.25, 0.3) is 0 Å². The minimum absolute atomic E-state index is 0.00704. The normalized spacial score (nSPS) is 46.6. The van der Waals surface area contributed by atoms with Crippen molar-refractivity contribution >= 4 is 5.96 Å². The summed E-state index contributed by atoms with van der Waals surface area (Å²) in [5, 5.41) is 32.5. The van der Waals surface area contributed by atoms with Crippen LogP contribution in [-0.2, 0) is 4.84 Å². The lowest BCUT2D eigenvalue weighted by atomic mass is 9.43.